The highest BCUT2D eigenvalue weighted by Crippen LogP contribution is 2.28. The van der Waals surface area contributed by atoms with E-state index >= 15 is 0 Å². The largest absolute Gasteiger partial charge is 0.326 e. The highest BCUT2D eigenvalue weighted by atomic mass is 35.5. The van der Waals surface area contributed by atoms with Crippen LogP contribution in [0.15, 0.2) is 42.5 Å². The molecule has 152 valence electrons. The van der Waals surface area contributed by atoms with E-state index in [2.05, 4.69) is 19.2 Å². The lowest BCUT2D eigenvalue weighted by Crippen LogP contribution is -2.31. The third kappa shape index (κ3) is 6.40. The number of carbonyl (C=O) groups is 1. The van der Waals surface area contributed by atoms with Crippen LogP contribution < -0.4 is 9.62 Å². The standard InChI is InChI=1S/C20H24Cl2N2O3S/c1-14(2)15-6-8-16(9-7-15)23-20(25)5-4-12-24(28(3,26)27)17-10-11-18(21)19(22)13-17/h6-11,13-14H,4-5,12H2,1-3H3,(H,23,25). The van der Waals surface area contributed by atoms with E-state index in [0.29, 0.717) is 23.0 Å². The molecular formula is C20H24Cl2N2O3S. The van der Waals surface area contributed by atoms with Crippen molar-refractivity contribution in [2.45, 2.75) is 32.6 Å². The van der Waals surface area contributed by atoms with Gasteiger partial charge in [0.2, 0.25) is 15.9 Å². The molecule has 0 saturated heterocycles. The summed E-state index contributed by atoms with van der Waals surface area (Å²) in [5.41, 5.74) is 2.34. The fraction of sp³-hybridized carbons (Fsp3) is 0.350. The minimum atomic E-state index is -3.52. The van der Waals surface area contributed by atoms with Crippen LogP contribution in [-0.2, 0) is 14.8 Å². The van der Waals surface area contributed by atoms with E-state index in [-0.39, 0.29) is 23.9 Å². The summed E-state index contributed by atoms with van der Waals surface area (Å²) in [4.78, 5) is 12.2. The molecule has 0 aliphatic rings. The fourth-order valence-corrected chi connectivity index (χ4v) is 3.93. The smallest absolute Gasteiger partial charge is 0.232 e. The molecule has 28 heavy (non-hydrogen) atoms. The Kier molecular flexibility index (Phi) is 7.75. The number of amides is 1. The van der Waals surface area contributed by atoms with Crippen LogP contribution in [-0.4, -0.2) is 27.1 Å². The van der Waals surface area contributed by atoms with Crippen LogP contribution >= 0.6 is 23.2 Å². The van der Waals surface area contributed by atoms with Crippen LogP contribution in [0.5, 0.6) is 0 Å². The molecular weight excluding hydrogens is 419 g/mol. The molecule has 0 unspecified atom stereocenters. The van der Waals surface area contributed by atoms with Gasteiger partial charge in [0, 0.05) is 18.7 Å². The number of anilines is 2. The zero-order chi connectivity index (χ0) is 20.9. The van der Waals surface area contributed by atoms with Crippen molar-refractivity contribution in [1.82, 2.24) is 0 Å². The molecule has 2 aromatic rings. The van der Waals surface area contributed by atoms with Gasteiger partial charge in [0.25, 0.3) is 0 Å². The molecule has 2 aromatic carbocycles. The van der Waals surface area contributed by atoms with Crippen molar-refractivity contribution < 1.29 is 13.2 Å². The lowest BCUT2D eigenvalue weighted by molar-refractivity contribution is -0.116. The Balaban J connectivity index is 1.96. The molecule has 0 heterocycles. The van der Waals surface area contributed by atoms with Gasteiger partial charge in [0.1, 0.15) is 0 Å². The Labute approximate surface area is 176 Å². The maximum atomic E-state index is 12.2. The van der Waals surface area contributed by atoms with E-state index in [1.807, 2.05) is 24.3 Å². The molecule has 0 aliphatic heterocycles. The second-order valence-corrected chi connectivity index (χ2v) is 9.58. The summed E-state index contributed by atoms with van der Waals surface area (Å²) < 4.78 is 25.5. The maximum Gasteiger partial charge on any atom is 0.232 e. The van der Waals surface area contributed by atoms with Crippen LogP contribution in [0.3, 0.4) is 0 Å². The molecule has 1 N–H and O–H groups in total. The van der Waals surface area contributed by atoms with Crippen molar-refractivity contribution in [3.05, 3.63) is 58.1 Å². The van der Waals surface area contributed by atoms with E-state index in [4.69, 9.17) is 23.2 Å². The second-order valence-electron chi connectivity index (χ2n) is 6.86. The Bertz CT molecular complexity index is 929. The third-order valence-corrected chi connectivity index (χ3v) is 6.15. The Morgan fingerprint density at radius 2 is 1.71 bits per heavy atom. The summed E-state index contributed by atoms with van der Waals surface area (Å²) >= 11 is 11.9. The van der Waals surface area contributed by atoms with Crippen molar-refractivity contribution in [1.29, 1.82) is 0 Å². The zero-order valence-electron chi connectivity index (χ0n) is 16.1. The molecule has 0 bridgehead atoms. The number of hydrogen-bond donors (Lipinski definition) is 1. The van der Waals surface area contributed by atoms with Gasteiger partial charge in [0.15, 0.2) is 0 Å². The van der Waals surface area contributed by atoms with Gasteiger partial charge < -0.3 is 5.32 Å². The van der Waals surface area contributed by atoms with Gasteiger partial charge in [0.05, 0.1) is 22.0 Å². The molecule has 0 aliphatic carbocycles. The predicted molar refractivity (Wildman–Crippen MR) is 117 cm³/mol. The Morgan fingerprint density at radius 1 is 1.07 bits per heavy atom. The van der Waals surface area contributed by atoms with Gasteiger partial charge in [-0.15, -0.1) is 0 Å². The number of hydrogen-bond acceptors (Lipinski definition) is 3. The Hall–Kier alpha value is -1.76. The predicted octanol–water partition coefficient (Wildman–Crippen LogP) is 5.30. The van der Waals surface area contributed by atoms with Crippen molar-refractivity contribution >= 4 is 50.5 Å². The van der Waals surface area contributed by atoms with Crippen LogP contribution in [0, 0.1) is 0 Å². The maximum absolute atomic E-state index is 12.2. The van der Waals surface area contributed by atoms with Gasteiger partial charge in [-0.05, 0) is 48.2 Å². The van der Waals surface area contributed by atoms with E-state index in [1.165, 1.54) is 15.9 Å². The second kappa shape index (κ2) is 9.63. The van der Waals surface area contributed by atoms with Crippen molar-refractivity contribution in [3.8, 4) is 0 Å². The number of nitrogens with one attached hydrogen (secondary N) is 1. The molecule has 0 saturated carbocycles. The minimum absolute atomic E-state index is 0.163. The van der Waals surface area contributed by atoms with Crippen LogP contribution in [0.4, 0.5) is 11.4 Å². The normalized spacial score (nSPS) is 11.5. The summed E-state index contributed by atoms with van der Waals surface area (Å²) in [5.74, 6) is 0.257. The first-order chi connectivity index (χ1) is 13.1. The summed E-state index contributed by atoms with van der Waals surface area (Å²) in [5, 5.41) is 3.45. The highest BCUT2D eigenvalue weighted by molar-refractivity contribution is 7.92. The number of sulfonamides is 1. The molecule has 0 spiro atoms. The van der Waals surface area contributed by atoms with Gasteiger partial charge in [-0.1, -0.05) is 49.2 Å². The summed E-state index contributed by atoms with van der Waals surface area (Å²) in [7, 11) is -3.52. The number of halogens is 2. The summed E-state index contributed by atoms with van der Waals surface area (Å²) in [6.07, 6.45) is 1.67. The first kappa shape index (κ1) is 22.5. The lowest BCUT2D eigenvalue weighted by Gasteiger charge is -2.22. The summed E-state index contributed by atoms with van der Waals surface area (Å²) in [6.45, 7) is 4.38. The van der Waals surface area contributed by atoms with E-state index in [0.717, 1.165) is 11.9 Å². The number of benzene rings is 2. The molecule has 1 amide bonds. The molecule has 0 aromatic heterocycles. The average molecular weight is 443 g/mol. The Morgan fingerprint density at radius 3 is 2.25 bits per heavy atom. The van der Waals surface area contributed by atoms with Crippen molar-refractivity contribution in [2.75, 3.05) is 22.4 Å². The van der Waals surface area contributed by atoms with E-state index < -0.39 is 10.0 Å². The first-order valence-corrected chi connectivity index (χ1v) is 11.5. The zero-order valence-corrected chi connectivity index (χ0v) is 18.4. The minimum Gasteiger partial charge on any atom is -0.326 e. The van der Waals surface area contributed by atoms with Crippen LogP contribution in [0.2, 0.25) is 10.0 Å². The van der Waals surface area contributed by atoms with Gasteiger partial charge in [-0.25, -0.2) is 8.42 Å². The molecule has 8 heteroatoms. The molecule has 2 rings (SSSR count). The molecule has 5 nitrogen and oxygen atoms in total. The van der Waals surface area contributed by atoms with Gasteiger partial charge >= 0.3 is 0 Å². The number of rotatable bonds is 8. The lowest BCUT2D eigenvalue weighted by atomic mass is 10.0. The molecule has 0 atom stereocenters. The number of carbonyl (C=O) groups excluding carboxylic acids is 1. The number of nitrogens with zero attached hydrogens (tertiary/aromatic N) is 1. The highest BCUT2D eigenvalue weighted by Gasteiger charge is 2.18. The van der Waals surface area contributed by atoms with Gasteiger partial charge in [-0.2, -0.15) is 0 Å². The fourth-order valence-electron chi connectivity index (χ4n) is 2.68. The average Bonchev–Trinajstić information content (AvgIpc) is 2.60. The third-order valence-electron chi connectivity index (χ3n) is 4.22. The van der Waals surface area contributed by atoms with Gasteiger partial charge in [-0.3, -0.25) is 9.10 Å². The monoisotopic (exact) mass is 442 g/mol. The topological polar surface area (TPSA) is 66.5 Å². The van der Waals surface area contributed by atoms with Crippen LogP contribution in [0.25, 0.3) is 0 Å². The molecule has 0 fully saturated rings. The van der Waals surface area contributed by atoms with E-state index in [1.54, 1.807) is 12.1 Å². The first-order valence-electron chi connectivity index (χ1n) is 8.90. The quantitative estimate of drug-likeness (QED) is 0.602. The van der Waals surface area contributed by atoms with Crippen LogP contribution in [0.1, 0.15) is 38.2 Å². The SMILES string of the molecule is CC(C)c1ccc(NC(=O)CCCN(c2ccc(Cl)c(Cl)c2)S(C)(=O)=O)cc1. The van der Waals surface area contributed by atoms with Crippen molar-refractivity contribution in [2.24, 2.45) is 0 Å². The van der Waals surface area contributed by atoms with E-state index in [9.17, 15) is 13.2 Å². The molecule has 0 radical (unpaired) electrons. The van der Waals surface area contributed by atoms with Crippen molar-refractivity contribution in [3.63, 3.8) is 0 Å². The summed E-state index contributed by atoms with van der Waals surface area (Å²) in [6, 6.07) is 12.3.